The normalized spacial score (nSPS) is 15.3. The van der Waals surface area contributed by atoms with Crippen LogP contribution in [0.2, 0.25) is 0 Å². The van der Waals surface area contributed by atoms with Crippen molar-refractivity contribution in [1.29, 1.82) is 0 Å². The van der Waals surface area contributed by atoms with Crippen LogP contribution in [-0.2, 0) is 14.8 Å². The van der Waals surface area contributed by atoms with Gasteiger partial charge in [0, 0.05) is 32.3 Å². The molecule has 6 heteroatoms. The summed E-state index contributed by atoms with van der Waals surface area (Å²) in [6.07, 6.45) is 4.32. The molecule has 0 radical (unpaired) electrons. The van der Waals surface area contributed by atoms with Crippen molar-refractivity contribution in [3.63, 3.8) is 0 Å². The number of likely N-dealkylation sites (tertiary alicyclic amines) is 1. The van der Waals surface area contributed by atoms with E-state index in [0.29, 0.717) is 13.1 Å². The Balaban J connectivity index is 2.10. The molecule has 0 aromatic heterocycles. The van der Waals surface area contributed by atoms with Crippen LogP contribution in [0.3, 0.4) is 0 Å². The Kier molecular flexibility index (Phi) is 5.37. The number of rotatable bonds is 6. The van der Waals surface area contributed by atoms with Gasteiger partial charge in [-0.2, -0.15) is 4.31 Å². The van der Waals surface area contributed by atoms with Crippen LogP contribution in [0.4, 0.5) is 0 Å². The molecule has 0 saturated carbocycles. The van der Waals surface area contributed by atoms with Crippen molar-refractivity contribution in [2.45, 2.75) is 25.2 Å². The van der Waals surface area contributed by atoms with Crippen molar-refractivity contribution >= 4 is 22.0 Å². The molecular weight excluding hydrogens is 300 g/mol. The van der Waals surface area contributed by atoms with Crippen LogP contribution in [-0.4, -0.2) is 49.7 Å². The third kappa shape index (κ3) is 3.56. The first-order valence-corrected chi connectivity index (χ1v) is 9.00. The number of amides is 1. The highest BCUT2D eigenvalue weighted by Crippen LogP contribution is 2.17. The highest BCUT2D eigenvalue weighted by molar-refractivity contribution is 7.89. The molecule has 1 aromatic carbocycles. The minimum atomic E-state index is -3.42. The lowest BCUT2D eigenvalue weighted by Gasteiger charge is -2.29. The maximum atomic E-state index is 12.4. The van der Waals surface area contributed by atoms with Gasteiger partial charge in [-0.05, 0) is 30.2 Å². The van der Waals surface area contributed by atoms with Crippen LogP contribution >= 0.6 is 0 Å². The predicted octanol–water partition coefficient (Wildman–Crippen LogP) is 1.96. The first-order valence-electron chi connectivity index (χ1n) is 7.56. The summed E-state index contributed by atoms with van der Waals surface area (Å²) in [5, 5.41) is 0. The molecule has 0 N–H and O–H groups in total. The van der Waals surface area contributed by atoms with Gasteiger partial charge in [0.25, 0.3) is 0 Å². The molecule has 2 rings (SSSR count). The molecule has 0 unspecified atom stereocenters. The zero-order valence-electron chi connectivity index (χ0n) is 13.0. The maximum Gasteiger partial charge on any atom is 0.246 e. The number of hydrogen-bond donors (Lipinski definition) is 0. The fraction of sp³-hybridized carbons (Fsp3) is 0.438. The van der Waals surface area contributed by atoms with E-state index in [1.54, 1.807) is 35.2 Å². The largest absolute Gasteiger partial charge is 0.339 e. The van der Waals surface area contributed by atoms with E-state index in [2.05, 4.69) is 0 Å². The molecule has 1 aliphatic heterocycles. The van der Waals surface area contributed by atoms with Crippen LogP contribution in [0.25, 0.3) is 6.08 Å². The van der Waals surface area contributed by atoms with E-state index in [-0.39, 0.29) is 10.8 Å². The van der Waals surface area contributed by atoms with Gasteiger partial charge in [0.15, 0.2) is 0 Å². The lowest BCUT2D eigenvalue weighted by atomic mass is 10.2. The summed E-state index contributed by atoms with van der Waals surface area (Å²) in [4.78, 5) is 13.8. The predicted molar refractivity (Wildman–Crippen MR) is 86.8 cm³/mol. The summed E-state index contributed by atoms with van der Waals surface area (Å²) < 4.78 is 26.1. The third-order valence-corrected chi connectivity index (χ3v) is 5.87. The van der Waals surface area contributed by atoms with Crippen LogP contribution in [0.5, 0.6) is 0 Å². The van der Waals surface area contributed by atoms with E-state index in [4.69, 9.17) is 0 Å². The molecule has 0 spiro atoms. The zero-order valence-corrected chi connectivity index (χ0v) is 13.8. The lowest BCUT2D eigenvalue weighted by Crippen LogP contribution is -2.40. The van der Waals surface area contributed by atoms with E-state index in [1.807, 2.05) is 13.8 Å². The Morgan fingerprint density at radius 2 is 1.77 bits per heavy atom. The van der Waals surface area contributed by atoms with Crippen molar-refractivity contribution in [2.75, 3.05) is 26.2 Å². The van der Waals surface area contributed by atoms with Gasteiger partial charge in [0.05, 0.1) is 4.90 Å². The van der Waals surface area contributed by atoms with Gasteiger partial charge in [0.2, 0.25) is 15.9 Å². The van der Waals surface area contributed by atoms with Gasteiger partial charge in [-0.25, -0.2) is 8.42 Å². The van der Waals surface area contributed by atoms with Crippen molar-refractivity contribution in [3.05, 3.63) is 35.9 Å². The summed E-state index contributed by atoms with van der Waals surface area (Å²) in [7, 11) is -3.42. The molecular formula is C16H22N2O3S. The minimum absolute atomic E-state index is 0.00564. The van der Waals surface area contributed by atoms with Crippen molar-refractivity contribution in [3.8, 4) is 0 Å². The molecule has 5 nitrogen and oxygen atoms in total. The number of sulfonamides is 1. The van der Waals surface area contributed by atoms with Crippen molar-refractivity contribution in [1.82, 2.24) is 9.21 Å². The minimum Gasteiger partial charge on any atom is -0.339 e. The zero-order chi connectivity index (χ0) is 16.2. The fourth-order valence-electron chi connectivity index (χ4n) is 2.27. The molecule has 0 atom stereocenters. The van der Waals surface area contributed by atoms with E-state index >= 15 is 0 Å². The van der Waals surface area contributed by atoms with Gasteiger partial charge in [-0.15, -0.1) is 0 Å². The van der Waals surface area contributed by atoms with Gasteiger partial charge in [-0.3, -0.25) is 4.79 Å². The second-order valence-corrected chi connectivity index (χ2v) is 7.11. The molecule has 1 fully saturated rings. The molecule has 0 aliphatic carbocycles. The quantitative estimate of drug-likeness (QED) is 0.752. The van der Waals surface area contributed by atoms with Crippen molar-refractivity contribution < 1.29 is 13.2 Å². The maximum absolute atomic E-state index is 12.4. The summed E-state index contributed by atoms with van der Waals surface area (Å²) in [5.41, 5.74) is 0.812. The monoisotopic (exact) mass is 322 g/mol. The van der Waals surface area contributed by atoms with E-state index in [1.165, 1.54) is 10.4 Å². The Morgan fingerprint density at radius 1 is 1.18 bits per heavy atom. The second-order valence-electron chi connectivity index (χ2n) is 5.17. The van der Waals surface area contributed by atoms with E-state index in [0.717, 1.165) is 25.1 Å². The van der Waals surface area contributed by atoms with Gasteiger partial charge in [0.1, 0.15) is 0 Å². The Labute approximate surface area is 132 Å². The third-order valence-electron chi connectivity index (χ3n) is 3.81. The van der Waals surface area contributed by atoms with Crippen LogP contribution in [0, 0.1) is 0 Å². The Bertz CT molecular complexity index is 642. The molecule has 120 valence electrons. The summed E-state index contributed by atoms with van der Waals surface area (Å²) >= 11 is 0. The molecule has 0 bridgehead atoms. The number of hydrogen-bond acceptors (Lipinski definition) is 3. The molecule has 1 heterocycles. The standard InChI is InChI=1S/C16H22N2O3S/c1-3-18(4-2)22(20,21)15-9-6-14(7-10-15)8-11-16(19)17-12-5-13-17/h6-11H,3-5,12-13H2,1-2H3/b11-8+. The first-order chi connectivity index (χ1) is 10.5. The first kappa shape index (κ1) is 16.7. The molecule has 1 aliphatic rings. The smallest absolute Gasteiger partial charge is 0.246 e. The summed E-state index contributed by atoms with van der Waals surface area (Å²) in [6.45, 7) is 6.18. The van der Waals surface area contributed by atoms with Gasteiger partial charge < -0.3 is 4.90 Å². The van der Waals surface area contributed by atoms with E-state index < -0.39 is 10.0 Å². The molecule has 22 heavy (non-hydrogen) atoms. The highest BCUT2D eigenvalue weighted by atomic mass is 32.2. The average molecular weight is 322 g/mol. The van der Waals surface area contributed by atoms with Crippen molar-refractivity contribution in [2.24, 2.45) is 0 Å². The number of carbonyl (C=O) groups is 1. The Morgan fingerprint density at radius 3 is 2.23 bits per heavy atom. The highest BCUT2D eigenvalue weighted by Gasteiger charge is 2.21. The van der Waals surface area contributed by atoms with Crippen LogP contribution in [0.15, 0.2) is 35.2 Å². The second kappa shape index (κ2) is 7.07. The number of carbonyl (C=O) groups excluding carboxylic acids is 1. The van der Waals surface area contributed by atoms with Gasteiger partial charge in [-0.1, -0.05) is 26.0 Å². The van der Waals surface area contributed by atoms with Crippen LogP contribution < -0.4 is 0 Å². The fourth-order valence-corrected chi connectivity index (χ4v) is 3.73. The summed E-state index contributed by atoms with van der Waals surface area (Å²) in [5.74, 6) is 0.00564. The van der Waals surface area contributed by atoms with Crippen LogP contribution in [0.1, 0.15) is 25.8 Å². The number of nitrogens with zero attached hydrogens (tertiary/aromatic N) is 2. The average Bonchev–Trinajstić information content (AvgIpc) is 2.45. The number of benzene rings is 1. The lowest BCUT2D eigenvalue weighted by molar-refractivity contribution is -0.129. The molecule has 1 aromatic rings. The SMILES string of the molecule is CCN(CC)S(=O)(=O)c1ccc(/C=C/C(=O)N2CCC2)cc1. The van der Waals surface area contributed by atoms with Gasteiger partial charge >= 0.3 is 0 Å². The Hall–Kier alpha value is -1.66. The topological polar surface area (TPSA) is 57.7 Å². The molecule has 1 amide bonds. The summed E-state index contributed by atoms with van der Waals surface area (Å²) in [6, 6.07) is 6.61. The molecule has 1 saturated heterocycles. The van der Waals surface area contributed by atoms with E-state index in [9.17, 15) is 13.2 Å².